The van der Waals surface area contributed by atoms with E-state index in [1.807, 2.05) is 0 Å². The van der Waals surface area contributed by atoms with Crippen LogP contribution in [0, 0.1) is 59.2 Å². The third-order valence-electron chi connectivity index (χ3n) is 10.5. The molecular formula is C24H38O. The van der Waals surface area contributed by atoms with Gasteiger partial charge in [-0.25, -0.2) is 0 Å². The summed E-state index contributed by atoms with van der Waals surface area (Å²) in [6.45, 7) is 0. The second kappa shape index (κ2) is 5.98. The van der Waals surface area contributed by atoms with Gasteiger partial charge in [-0.1, -0.05) is 19.3 Å². The molecule has 0 aromatic heterocycles. The summed E-state index contributed by atoms with van der Waals surface area (Å²) in [6, 6.07) is 0. The van der Waals surface area contributed by atoms with Crippen molar-refractivity contribution < 1.29 is 5.11 Å². The largest absolute Gasteiger partial charge is 0.393 e. The highest BCUT2D eigenvalue weighted by Gasteiger charge is 2.51. The Morgan fingerprint density at radius 2 is 0.640 bits per heavy atom. The van der Waals surface area contributed by atoms with Crippen LogP contribution in [0.4, 0.5) is 0 Å². The first-order valence-electron chi connectivity index (χ1n) is 11.9. The first-order valence-corrected chi connectivity index (χ1v) is 11.9. The van der Waals surface area contributed by atoms with Gasteiger partial charge < -0.3 is 5.11 Å². The number of hydrogen-bond donors (Lipinski definition) is 1. The summed E-state index contributed by atoms with van der Waals surface area (Å²) in [5.41, 5.74) is 0. The third-order valence-corrected chi connectivity index (χ3v) is 10.5. The second-order valence-electron chi connectivity index (χ2n) is 11.5. The van der Waals surface area contributed by atoms with Gasteiger partial charge in [-0.05, 0) is 123 Å². The molecule has 6 fully saturated rings. The molecule has 0 atom stereocenters. The van der Waals surface area contributed by atoms with Crippen molar-refractivity contribution in [1.29, 1.82) is 0 Å². The Balaban J connectivity index is 0.871. The Kier molecular flexibility index (Phi) is 3.82. The van der Waals surface area contributed by atoms with Gasteiger partial charge in [-0.3, -0.25) is 0 Å². The fourth-order valence-electron chi connectivity index (χ4n) is 7.84. The van der Waals surface area contributed by atoms with Gasteiger partial charge in [0, 0.05) is 0 Å². The average molecular weight is 343 g/mol. The first-order chi connectivity index (χ1) is 12.2. The van der Waals surface area contributed by atoms with E-state index < -0.39 is 0 Å². The van der Waals surface area contributed by atoms with Gasteiger partial charge >= 0.3 is 0 Å². The van der Waals surface area contributed by atoms with Crippen LogP contribution in [0.1, 0.15) is 83.5 Å². The molecule has 0 unspecified atom stereocenters. The van der Waals surface area contributed by atoms with E-state index in [1.165, 1.54) is 19.3 Å². The fraction of sp³-hybridized carbons (Fsp3) is 1.00. The molecule has 1 nitrogen and oxygen atoms in total. The van der Waals surface area contributed by atoms with Crippen LogP contribution in [0.5, 0.6) is 0 Å². The maximum Gasteiger partial charge on any atom is 0.0545 e. The van der Waals surface area contributed by atoms with Crippen molar-refractivity contribution in [3.05, 3.63) is 0 Å². The molecule has 1 N–H and O–H groups in total. The molecular weight excluding hydrogens is 304 g/mol. The first kappa shape index (κ1) is 16.0. The zero-order chi connectivity index (χ0) is 16.5. The Morgan fingerprint density at radius 3 is 0.880 bits per heavy atom. The van der Waals surface area contributed by atoms with E-state index in [1.54, 1.807) is 51.4 Å². The Hall–Kier alpha value is -0.0400. The SMILES string of the molecule is OC1CC(C2CC(C3CC(C4CC(C5CC(C6CCC6)C5)C4)C3)C2)C1. The molecule has 6 aliphatic carbocycles. The monoisotopic (exact) mass is 342 g/mol. The van der Waals surface area contributed by atoms with Crippen molar-refractivity contribution in [3.8, 4) is 0 Å². The highest BCUT2D eigenvalue weighted by atomic mass is 16.3. The summed E-state index contributed by atoms with van der Waals surface area (Å²) in [5.74, 6) is 11.0. The molecule has 1 heteroatoms. The standard InChI is InChI=1S/C24H38O/c25-24-12-23(13-24)22-10-21(11-22)20-8-19(9-20)18-6-17(7-18)16-4-15(5-16)14-2-1-3-14/h14-25H,1-13H2. The van der Waals surface area contributed by atoms with Gasteiger partial charge in [0.25, 0.3) is 0 Å². The van der Waals surface area contributed by atoms with Crippen molar-refractivity contribution >= 4 is 0 Å². The molecule has 0 aromatic rings. The Morgan fingerprint density at radius 1 is 0.360 bits per heavy atom. The molecule has 0 saturated heterocycles. The minimum Gasteiger partial charge on any atom is -0.393 e. The van der Waals surface area contributed by atoms with Crippen LogP contribution in [-0.4, -0.2) is 11.2 Å². The van der Waals surface area contributed by atoms with Gasteiger partial charge in [-0.15, -0.1) is 0 Å². The van der Waals surface area contributed by atoms with Crippen molar-refractivity contribution in [1.82, 2.24) is 0 Å². The lowest BCUT2D eigenvalue weighted by Gasteiger charge is -2.57. The molecule has 0 radical (unpaired) electrons. The van der Waals surface area contributed by atoms with Gasteiger partial charge in [0.2, 0.25) is 0 Å². The second-order valence-corrected chi connectivity index (χ2v) is 11.5. The molecule has 0 amide bonds. The van der Waals surface area contributed by atoms with Crippen LogP contribution in [0.2, 0.25) is 0 Å². The normalized spacial score (nSPS) is 58.0. The van der Waals surface area contributed by atoms with Crippen LogP contribution in [0.25, 0.3) is 0 Å². The van der Waals surface area contributed by atoms with Crippen LogP contribution >= 0.6 is 0 Å². The van der Waals surface area contributed by atoms with Crippen molar-refractivity contribution in [2.75, 3.05) is 0 Å². The average Bonchev–Trinajstić information content (AvgIpc) is 2.32. The quantitative estimate of drug-likeness (QED) is 0.683. The summed E-state index contributed by atoms with van der Waals surface area (Å²) in [5, 5.41) is 9.49. The number of hydrogen-bond acceptors (Lipinski definition) is 1. The van der Waals surface area contributed by atoms with Gasteiger partial charge in [0.15, 0.2) is 0 Å². The van der Waals surface area contributed by atoms with E-state index in [0.717, 1.165) is 72.0 Å². The lowest BCUT2D eigenvalue weighted by Crippen LogP contribution is -2.48. The highest BCUT2D eigenvalue weighted by molar-refractivity contribution is 5.01. The van der Waals surface area contributed by atoms with Crippen molar-refractivity contribution in [2.24, 2.45) is 59.2 Å². The van der Waals surface area contributed by atoms with Crippen LogP contribution in [0.3, 0.4) is 0 Å². The van der Waals surface area contributed by atoms with E-state index in [2.05, 4.69) is 0 Å². The molecule has 0 bridgehead atoms. The molecule has 0 spiro atoms. The van der Waals surface area contributed by atoms with E-state index in [9.17, 15) is 5.11 Å². The molecule has 6 rings (SSSR count). The smallest absolute Gasteiger partial charge is 0.0545 e. The van der Waals surface area contributed by atoms with Crippen LogP contribution in [-0.2, 0) is 0 Å². The summed E-state index contributed by atoms with van der Waals surface area (Å²) in [4.78, 5) is 0. The summed E-state index contributed by atoms with van der Waals surface area (Å²) < 4.78 is 0. The maximum atomic E-state index is 9.49. The minimum absolute atomic E-state index is 0.0587. The van der Waals surface area contributed by atoms with Crippen LogP contribution in [0.15, 0.2) is 0 Å². The zero-order valence-electron chi connectivity index (χ0n) is 16.0. The lowest BCUT2D eigenvalue weighted by molar-refractivity contribution is -0.0793. The van der Waals surface area contributed by atoms with Crippen LogP contribution < -0.4 is 0 Å². The molecule has 6 saturated carbocycles. The zero-order valence-corrected chi connectivity index (χ0v) is 16.0. The van der Waals surface area contributed by atoms with E-state index in [-0.39, 0.29) is 6.10 Å². The predicted octanol–water partition coefficient (Wildman–Crippen LogP) is 5.66. The topological polar surface area (TPSA) is 20.2 Å². The van der Waals surface area contributed by atoms with Gasteiger partial charge in [0.1, 0.15) is 0 Å². The van der Waals surface area contributed by atoms with Crippen molar-refractivity contribution in [3.63, 3.8) is 0 Å². The highest BCUT2D eigenvalue weighted by Crippen LogP contribution is 2.60. The molecule has 140 valence electrons. The number of aliphatic hydroxyl groups is 1. The Labute approximate surface area is 154 Å². The van der Waals surface area contributed by atoms with E-state index in [0.29, 0.717) is 0 Å². The minimum atomic E-state index is 0.0587. The predicted molar refractivity (Wildman–Crippen MR) is 101 cm³/mol. The molecule has 0 aromatic carbocycles. The fourth-order valence-corrected chi connectivity index (χ4v) is 7.84. The molecule has 25 heavy (non-hydrogen) atoms. The number of aliphatic hydroxyl groups excluding tert-OH is 1. The van der Waals surface area contributed by atoms with Gasteiger partial charge in [0.05, 0.1) is 6.10 Å². The van der Waals surface area contributed by atoms with E-state index >= 15 is 0 Å². The Bertz CT molecular complexity index is 480. The van der Waals surface area contributed by atoms with Gasteiger partial charge in [-0.2, -0.15) is 0 Å². The van der Waals surface area contributed by atoms with Crippen molar-refractivity contribution in [2.45, 2.75) is 89.6 Å². The number of rotatable bonds is 5. The summed E-state index contributed by atoms with van der Waals surface area (Å²) >= 11 is 0. The molecule has 6 aliphatic rings. The summed E-state index contributed by atoms with van der Waals surface area (Å²) in [7, 11) is 0. The third kappa shape index (κ3) is 2.66. The van der Waals surface area contributed by atoms with E-state index in [4.69, 9.17) is 0 Å². The lowest BCUT2D eigenvalue weighted by atomic mass is 9.48. The molecule has 0 aliphatic heterocycles. The molecule has 0 heterocycles. The maximum absolute atomic E-state index is 9.49. The summed E-state index contributed by atoms with van der Waals surface area (Å²) in [6.07, 6.45) is 19.7.